The lowest BCUT2D eigenvalue weighted by Gasteiger charge is -2.47. The molecule has 0 amide bonds. The number of carbonyl (C=O) groups excluding carboxylic acids is 1. The zero-order chi connectivity index (χ0) is 22.7. The molecule has 3 heteroatoms. The summed E-state index contributed by atoms with van der Waals surface area (Å²) in [6.45, 7) is 0. The van der Waals surface area contributed by atoms with Crippen LogP contribution in [0.3, 0.4) is 0 Å². The Morgan fingerprint density at radius 1 is 0.441 bits per heavy atom. The maximum Gasteiger partial charge on any atom is 0.205 e. The predicted molar refractivity (Wildman–Crippen MR) is 138 cm³/mol. The van der Waals surface area contributed by atoms with Crippen molar-refractivity contribution in [2.75, 3.05) is 4.90 Å². The molecule has 2 aliphatic rings. The van der Waals surface area contributed by atoms with E-state index in [0.717, 1.165) is 50.9 Å². The highest BCUT2D eigenvalue weighted by molar-refractivity contribution is 6.21. The van der Waals surface area contributed by atoms with Gasteiger partial charge in [-0.1, -0.05) is 66.7 Å². The number of rotatable bonds is 1. The highest BCUT2D eigenvalue weighted by atomic mass is 16.1. The van der Waals surface area contributed by atoms with Crippen molar-refractivity contribution in [2.45, 2.75) is 0 Å². The van der Waals surface area contributed by atoms with Gasteiger partial charge in [-0.05, 0) is 36.4 Å². The third kappa shape index (κ3) is 2.31. The number of hydrogen-bond donors (Lipinski definition) is 0. The highest BCUT2D eigenvalue weighted by Crippen LogP contribution is 2.65. The van der Waals surface area contributed by atoms with Crippen LogP contribution in [0.5, 0.6) is 0 Å². The largest absolute Gasteiger partial charge is 0.300 e. The molecule has 0 unspecified atom stereocenters. The number of nitrogens with zero attached hydrogens (tertiary/aromatic N) is 2. The Bertz CT molecular complexity index is 1490. The van der Waals surface area contributed by atoms with E-state index >= 15 is 0 Å². The predicted octanol–water partition coefficient (Wildman–Crippen LogP) is 8.32. The third-order valence-electron chi connectivity index (χ3n) is 7.00. The first-order valence-corrected chi connectivity index (χ1v) is 11.5. The molecule has 0 fully saturated rings. The standard InChI is InChI=1S/C31H21N2O/c34-31-23-14-4-8-18-27(23)33(28-19-9-5-15-24(28)31)29-20-10-6-16-25(29)32(22-12-2-1-3-13-22)26-17-7-11-21-30(26)33/h1-21H/q+1. The minimum absolute atomic E-state index is 0.0791. The molecule has 160 valence electrons. The molecule has 0 aromatic heterocycles. The molecule has 0 N–H and O–H groups in total. The fraction of sp³-hybridized carbons (Fsp3) is 0. The van der Waals surface area contributed by atoms with E-state index in [1.807, 2.05) is 42.5 Å². The molecule has 0 aliphatic carbocycles. The van der Waals surface area contributed by atoms with Crippen molar-refractivity contribution in [3.63, 3.8) is 0 Å². The maximum absolute atomic E-state index is 13.6. The van der Waals surface area contributed by atoms with E-state index in [1.54, 1.807) is 0 Å². The summed E-state index contributed by atoms with van der Waals surface area (Å²) in [7, 11) is 0. The average Bonchev–Trinajstić information content (AvgIpc) is 2.91. The molecule has 0 saturated carbocycles. The molecule has 7 rings (SSSR count). The first kappa shape index (κ1) is 19.0. The van der Waals surface area contributed by atoms with Crippen LogP contribution in [0.25, 0.3) is 0 Å². The van der Waals surface area contributed by atoms with Gasteiger partial charge in [-0.3, -0.25) is 9.69 Å². The fourth-order valence-electron chi connectivity index (χ4n) is 5.70. The van der Waals surface area contributed by atoms with Crippen LogP contribution in [0.1, 0.15) is 15.9 Å². The van der Waals surface area contributed by atoms with Gasteiger partial charge in [0.25, 0.3) is 0 Å². The van der Waals surface area contributed by atoms with Gasteiger partial charge < -0.3 is 0 Å². The topological polar surface area (TPSA) is 20.3 Å². The molecule has 5 aromatic carbocycles. The summed E-state index contributed by atoms with van der Waals surface area (Å²) in [5, 5.41) is 0. The van der Waals surface area contributed by atoms with Crippen LogP contribution in [0.15, 0.2) is 127 Å². The van der Waals surface area contributed by atoms with E-state index < -0.39 is 0 Å². The first-order valence-electron chi connectivity index (χ1n) is 11.5. The Balaban J connectivity index is 1.69. The van der Waals surface area contributed by atoms with Gasteiger partial charge in [0, 0.05) is 30.0 Å². The lowest BCUT2D eigenvalue weighted by molar-refractivity contribution is 0.103. The Kier molecular flexibility index (Phi) is 3.93. The van der Waals surface area contributed by atoms with Gasteiger partial charge in [0.2, 0.25) is 5.78 Å². The van der Waals surface area contributed by atoms with Gasteiger partial charge in [-0.2, -0.15) is 4.48 Å². The van der Waals surface area contributed by atoms with Crippen LogP contribution in [0.2, 0.25) is 0 Å². The quantitative estimate of drug-likeness (QED) is 0.241. The van der Waals surface area contributed by atoms with Gasteiger partial charge in [0.1, 0.15) is 11.4 Å². The summed E-state index contributed by atoms with van der Waals surface area (Å²) in [5.74, 6) is 0.0791. The molecule has 0 bridgehead atoms. The number of quaternary nitrogens is 1. The molecular formula is C31H21N2O+. The van der Waals surface area contributed by atoms with E-state index in [9.17, 15) is 4.79 Å². The Morgan fingerprint density at radius 2 is 0.853 bits per heavy atom. The lowest BCUT2D eigenvalue weighted by atomic mass is 9.88. The van der Waals surface area contributed by atoms with Gasteiger partial charge in [-0.25, -0.2) is 0 Å². The van der Waals surface area contributed by atoms with Crippen LogP contribution in [0, 0.1) is 0 Å². The summed E-state index contributed by atoms with van der Waals surface area (Å²) in [6, 6.07) is 43.7. The fourth-order valence-corrected chi connectivity index (χ4v) is 5.70. The van der Waals surface area contributed by atoms with E-state index in [0.29, 0.717) is 4.48 Å². The van der Waals surface area contributed by atoms with E-state index in [-0.39, 0.29) is 5.78 Å². The van der Waals surface area contributed by atoms with Crippen molar-refractivity contribution in [2.24, 2.45) is 0 Å². The number of ketones is 1. The number of para-hydroxylation sites is 7. The molecule has 0 radical (unpaired) electrons. The molecule has 1 spiro atoms. The van der Waals surface area contributed by atoms with Crippen molar-refractivity contribution in [3.05, 3.63) is 139 Å². The van der Waals surface area contributed by atoms with Gasteiger partial charge >= 0.3 is 0 Å². The summed E-state index contributed by atoms with van der Waals surface area (Å²) < 4.78 is 0.383. The normalized spacial score (nSPS) is 14.7. The monoisotopic (exact) mass is 437 g/mol. The number of anilines is 3. The Hall–Kier alpha value is -4.47. The number of fused-ring (bicyclic) bond motifs is 8. The number of benzene rings is 5. The minimum atomic E-state index is 0.0791. The Labute approximate surface area is 198 Å². The molecule has 2 heterocycles. The lowest BCUT2D eigenvalue weighted by Crippen LogP contribution is -2.42. The van der Waals surface area contributed by atoms with Crippen LogP contribution < -0.4 is 9.38 Å². The first-order chi connectivity index (χ1) is 16.8. The van der Waals surface area contributed by atoms with Gasteiger partial charge in [0.05, 0.1) is 11.1 Å². The van der Waals surface area contributed by atoms with Crippen molar-refractivity contribution < 1.29 is 4.79 Å². The second-order valence-corrected chi connectivity index (χ2v) is 8.68. The molecule has 5 aromatic rings. The number of carbonyl (C=O) groups is 1. The zero-order valence-electron chi connectivity index (χ0n) is 18.4. The smallest absolute Gasteiger partial charge is 0.205 e. The average molecular weight is 438 g/mol. The van der Waals surface area contributed by atoms with E-state index in [1.165, 1.54) is 0 Å². The highest BCUT2D eigenvalue weighted by Gasteiger charge is 2.53. The molecule has 2 aliphatic heterocycles. The van der Waals surface area contributed by atoms with Gasteiger partial charge in [-0.15, -0.1) is 0 Å². The molecule has 0 atom stereocenters. The van der Waals surface area contributed by atoms with Crippen LogP contribution in [-0.4, -0.2) is 5.78 Å². The van der Waals surface area contributed by atoms with Crippen LogP contribution in [-0.2, 0) is 0 Å². The molecule has 34 heavy (non-hydrogen) atoms. The SMILES string of the molecule is O=C1c2ccccc2[N+]2(c3ccccc31)c1ccccc1N(c1ccccc1)c1ccccc12. The minimum Gasteiger partial charge on any atom is -0.300 e. The van der Waals surface area contributed by atoms with E-state index in [2.05, 4.69) is 89.8 Å². The summed E-state index contributed by atoms with van der Waals surface area (Å²) in [5.41, 5.74) is 9.03. The Morgan fingerprint density at radius 3 is 1.38 bits per heavy atom. The van der Waals surface area contributed by atoms with E-state index in [4.69, 9.17) is 0 Å². The molecular weight excluding hydrogens is 416 g/mol. The summed E-state index contributed by atoms with van der Waals surface area (Å²) >= 11 is 0. The zero-order valence-corrected chi connectivity index (χ0v) is 18.4. The summed E-state index contributed by atoms with van der Waals surface area (Å²) in [6.07, 6.45) is 0. The summed E-state index contributed by atoms with van der Waals surface area (Å²) in [4.78, 5) is 16.0. The molecule has 3 nitrogen and oxygen atoms in total. The second-order valence-electron chi connectivity index (χ2n) is 8.68. The third-order valence-corrected chi connectivity index (χ3v) is 7.00. The second kappa shape index (κ2) is 7.01. The van der Waals surface area contributed by atoms with Crippen molar-refractivity contribution in [1.29, 1.82) is 0 Å². The number of hydrogen-bond acceptors (Lipinski definition) is 2. The van der Waals surface area contributed by atoms with Gasteiger partial charge in [0.15, 0.2) is 22.7 Å². The van der Waals surface area contributed by atoms with Crippen LogP contribution in [0.4, 0.5) is 39.8 Å². The van der Waals surface area contributed by atoms with Crippen molar-refractivity contribution in [1.82, 2.24) is 4.48 Å². The van der Waals surface area contributed by atoms with Crippen LogP contribution >= 0.6 is 0 Å². The van der Waals surface area contributed by atoms with Crippen molar-refractivity contribution in [3.8, 4) is 0 Å². The maximum atomic E-state index is 13.6. The molecule has 0 saturated heterocycles. The van der Waals surface area contributed by atoms with Crippen molar-refractivity contribution >= 4 is 45.6 Å².